The Hall–Kier alpha value is -1.26. The van der Waals surface area contributed by atoms with Gasteiger partial charge in [0.2, 0.25) is 5.91 Å². The van der Waals surface area contributed by atoms with E-state index in [1.807, 2.05) is 0 Å². The van der Waals surface area contributed by atoms with Gasteiger partial charge in [-0.25, -0.2) is 0 Å². The van der Waals surface area contributed by atoms with Crippen LogP contribution >= 0.6 is 0 Å². The first-order valence-corrected chi connectivity index (χ1v) is 7.93. The fourth-order valence-electron chi connectivity index (χ4n) is 3.62. The largest absolute Gasteiger partial charge is 0.409 e. The van der Waals surface area contributed by atoms with Gasteiger partial charge in [0.05, 0.1) is 0 Å². The summed E-state index contributed by atoms with van der Waals surface area (Å²) in [6.45, 7) is 2.12. The van der Waals surface area contributed by atoms with Crippen LogP contribution in [0.5, 0.6) is 0 Å². The average Bonchev–Trinajstić information content (AvgIpc) is 2.44. The van der Waals surface area contributed by atoms with Crippen molar-refractivity contribution in [2.75, 3.05) is 0 Å². The lowest BCUT2D eigenvalue weighted by Gasteiger charge is -2.41. The van der Waals surface area contributed by atoms with Crippen LogP contribution in [0.2, 0.25) is 0 Å². The van der Waals surface area contributed by atoms with Gasteiger partial charge in [0.25, 0.3) is 0 Å². The fraction of sp³-hybridized carbons (Fsp3) is 0.867. The smallest absolute Gasteiger partial charge is 0.234 e. The molecule has 2 aliphatic carbocycles. The van der Waals surface area contributed by atoms with Gasteiger partial charge in [0, 0.05) is 6.04 Å². The summed E-state index contributed by atoms with van der Waals surface area (Å²) >= 11 is 0. The minimum atomic E-state index is -0.753. The molecular formula is C15H27N3O2. The zero-order valence-electron chi connectivity index (χ0n) is 12.4. The van der Waals surface area contributed by atoms with E-state index in [4.69, 9.17) is 10.9 Å². The zero-order valence-corrected chi connectivity index (χ0v) is 12.4. The Labute approximate surface area is 121 Å². The third kappa shape index (κ3) is 2.76. The fourth-order valence-corrected chi connectivity index (χ4v) is 3.62. The third-order valence-electron chi connectivity index (χ3n) is 5.21. The molecular weight excluding hydrogens is 254 g/mol. The van der Waals surface area contributed by atoms with E-state index in [-0.39, 0.29) is 17.8 Å². The van der Waals surface area contributed by atoms with Crippen molar-refractivity contribution in [2.45, 2.75) is 70.8 Å². The summed E-state index contributed by atoms with van der Waals surface area (Å²) in [5.41, 5.74) is 5.00. The molecule has 0 spiro atoms. The minimum absolute atomic E-state index is 0.0449. The predicted molar refractivity (Wildman–Crippen MR) is 78.5 cm³/mol. The van der Waals surface area contributed by atoms with Crippen LogP contribution in [0, 0.1) is 11.3 Å². The second kappa shape index (κ2) is 6.46. The zero-order chi connectivity index (χ0) is 14.6. The van der Waals surface area contributed by atoms with Gasteiger partial charge in [-0.1, -0.05) is 37.8 Å². The molecule has 20 heavy (non-hydrogen) atoms. The Kier molecular flexibility index (Phi) is 4.89. The summed E-state index contributed by atoms with van der Waals surface area (Å²) in [6, 6.07) is 0.228. The molecule has 0 aromatic carbocycles. The van der Waals surface area contributed by atoms with Crippen LogP contribution in [0.4, 0.5) is 0 Å². The quantitative estimate of drug-likeness (QED) is 0.313. The van der Waals surface area contributed by atoms with Crippen molar-refractivity contribution in [1.29, 1.82) is 0 Å². The Morgan fingerprint density at radius 1 is 1.35 bits per heavy atom. The predicted octanol–water partition coefficient (Wildman–Crippen LogP) is 2.38. The van der Waals surface area contributed by atoms with Crippen LogP contribution in [0.15, 0.2) is 5.16 Å². The molecule has 1 unspecified atom stereocenters. The van der Waals surface area contributed by atoms with Crippen LogP contribution in [-0.2, 0) is 4.79 Å². The maximum Gasteiger partial charge on any atom is 0.234 e. The molecule has 0 saturated heterocycles. The molecule has 2 fully saturated rings. The molecule has 0 aliphatic heterocycles. The maximum absolute atomic E-state index is 12.6. The Bertz CT molecular complexity index is 371. The monoisotopic (exact) mass is 281 g/mol. The molecule has 0 radical (unpaired) electrons. The molecule has 5 nitrogen and oxygen atoms in total. The molecule has 1 atom stereocenters. The number of nitrogens with zero attached hydrogens (tertiary/aromatic N) is 1. The molecule has 2 aliphatic rings. The van der Waals surface area contributed by atoms with Gasteiger partial charge in [-0.2, -0.15) is 0 Å². The number of rotatable bonds is 5. The highest BCUT2D eigenvalue weighted by Crippen LogP contribution is 2.42. The Morgan fingerprint density at radius 2 is 2.00 bits per heavy atom. The highest BCUT2D eigenvalue weighted by Gasteiger charge is 2.49. The van der Waals surface area contributed by atoms with Crippen molar-refractivity contribution < 1.29 is 10.0 Å². The number of nitrogens with two attached hydrogens (primary N) is 1. The maximum atomic E-state index is 12.6. The van der Waals surface area contributed by atoms with E-state index in [0.29, 0.717) is 18.8 Å². The second-order valence-corrected chi connectivity index (χ2v) is 6.31. The van der Waals surface area contributed by atoms with Crippen molar-refractivity contribution in [3.05, 3.63) is 0 Å². The lowest BCUT2D eigenvalue weighted by atomic mass is 9.67. The number of carbonyl (C=O) groups excluding carboxylic acids is 1. The highest BCUT2D eigenvalue weighted by atomic mass is 16.4. The van der Waals surface area contributed by atoms with E-state index in [1.165, 1.54) is 32.1 Å². The summed E-state index contributed by atoms with van der Waals surface area (Å²) < 4.78 is 0. The number of amidine groups is 1. The number of hydrogen-bond acceptors (Lipinski definition) is 3. The third-order valence-corrected chi connectivity index (χ3v) is 5.21. The lowest BCUT2D eigenvalue weighted by Crippen LogP contribution is -2.56. The van der Waals surface area contributed by atoms with Crippen molar-refractivity contribution in [2.24, 2.45) is 22.2 Å². The van der Waals surface area contributed by atoms with E-state index in [9.17, 15) is 4.79 Å². The molecule has 1 amide bonds. The standard InChI is InChI=1S/C15H27N3O2/c1-2-12(11-7-4-3-5-8-11)17-14(19)15(9-6-10-15)13(16)18-20/h11-12,20H,2-10H2,1H3,(H2,16,18)(H,17,19). The van der Waals surface area contributed by atoms with E-state index in [2.05, 4.69) is 17.4 Å². The van der Waals surface area contributed by atoms with Gasteiger partial charge in [0.15, 0.2) is 5.84 Å². The number of nitrogens with one attached hydrogen (secondary N) is 1. The molecule has 0 aromatic heterocycles. The van der Waals surface area contributed by atoms with E-state index < -0.39 is 5.41 Å². The summed E-state index contributed by atoms with van der Waals surface area (Å²) in [4.78, 5) is 12.6. The van der Waals surface area contributed by atoms with Gasteiger partial charge in [-0.05, 0) is 38.0 Å². The van der Waals surface area contributed by atoms with E-state index >= 15 is 0 Å². The van der Waals surface area contributed by atoms with Crippen LogP contribution in [0.25, 0.3) is 0 Å². The molecule has 2 rings (SSSR count). The van der Waals surface area contributed by atoms with Crippen molar-refractivity contribution >= 4 is 11.7 Å². The first-order valence-electron chi connectivity index (χ1n) is 7.93. The first kappa shape index (κ1) is 15.1. The topological polar surface area (TPSA) is 87.7 Å². The number of amides is 1. The Balaban J connectivity index is 2.01. The summed E-state index contributed by atoms with van der Waals surface area (Å²) in [6.07, 6.45) is 9.54. The summed E-state index contributed by atoms with van der Waals surface area (Å²) in [5, 5.41) is 15.2. The van der Waals surface area contributed by atoms with Crippen LogP contribution in [-0.4, -0.2) is 23.0 Å². The minimum Gasteiger partial charge on any atom is -0.409 e. The van der Waals surface area contributed by atoms with Crippen LogP contribution in [0.3, 0.4) is 0 Å². The van der Waals surface area contributed by atoms with Crippen molar-refractivity contribution in [3.63, 3.8) is 0 Å². The summed E-state index contributed by atoms with van der Waals surface area (Å²) in [5.74, 6) is 0.610. The Morgan fingerprint density at radius 3 is 2.45 bits per heavy atom. The van der Waals surface area contributed by atoms with Crippen molar-refractivity contribution in [3.8, 4) is 0 Å². The lowest BCUT2D eigenvalue weighted by molar-refractivity contribution is -0.132. The van der Waals surface area contributed by atoms with Gasteiger partial charge in [-0.15, -0.1) is 0 Å². The normalized spacial score (nSPS) is 24.8. The van der Waals surface area contributed by atoms with Gasteiger partial charge in [0.1, 0.15) is 5.41 Å². The molecule has 4 N–H and O–H groups in total. The molecule has 0 heterocycles. The average molecular weight is 281 g/mol. The molecule has 0 bridgehead atoms. The summed E-state index contributed by atoms with van der Waals surface area (Å²) in [7, 11) is 0. The second-order valence-electron chi connectivity index (χ2n) is 6.31. The number of carbonyl (C=O) groups is 1. The number of hydrogen-bond donors (Lipinski definition) is 3. The molecule has 2 saturated carbocycles. The molecule has 114 valence electrons. The van der Waals surface area contributed by atoms with Crippen molar-refractivity contribution in [1.82, 2.24) is 5.32 Å². The highest BCUT2D eigenvalue weighted by molar-refractivity contribution is 6.07. The molecule has 5 heteroatoms. The van der Waals surface area contributed by atoms with E-state index in [1.54, 1.807) is 0 Å². The van der Waals surface area contributed by atoms with Gasteiger partial charge >= 0.3 is 0 Å². The van der Waals surface area contributed by atoms with Gasteiger partial charge in [-0.3, -0.25) is 4.79 Å². The van der Waals surface area contributed by atoms with Gasteiger partial charge < -0.3 is 16.3 Å². The van der Waals surface area contributed by atoms with Crippen LogP contribution in [0.1, 0.15) is 64.7 Å². The number of oxime groups is 1. The first-order chi connectivity index (χ1) is 9.64. The van der Waals surface area contributed by atoms with E-state index in [0.717, 1.165) is 12.8 Å². The SMILES string of the molecule is CCC(NC(=O)C1(C(N)=NO)CCC1)C1CCCCC1. The molecule has 0 aromatic rings. The van der Waals surface area contributed by atoms with Crippen LogP contribution < -0.4 is 11.1 Å².